The van der Waals surface area contributed by atoms with E-state index in [1.807, 2.05) is 12.1 Å². The Bertz CT molecular complexity index is 413. The topological polar surface area (TPSA) is 75.4 Å². The monoisotopic (exact) mass is 249 g/mol. The van der Waals surface area contributed by atoms with Gasteiger partial charge in [-0.1, -0.05) is 12.1 Å². The fourth-order valence-corrected chi connectivity index (χ4v) is 1.41. The van der Waals surface area contributed by atoms with Gasteiger partial charge in [0.15, 0.2) is 0 Å². The van der Waals surface area contributed by atoms with Crippen molar-refractivity contribution in [3.05, 3.63) is 35.4 Å². The maximum atomic E-state index is 11.7. The lowest BCUT2D eigenvalue weighted by Gasteiger charge is -2.11. The van der Waals surface area contributed by atoms with Crippen LogP contribution in [0.15, 0.2) is 24.3 Å². The molecule has 0 radical (unpaired) electrons. The van der Waals surface area contributed by atoms with Gasteiger partial charge in [0, 0.05) is 19.7 Å². The van der Waals surface area contributed by atoms with Crippen molar-refractivity contribution in [1.82, 2.24) is 10.2 Å². The van der Waals surface area contributed by atoms with Crippen molar-refractivity contribution >= 4 is 11.8 Å². The van der Waals surface area contributed by atoms with Crippen molar-refractivity contribution in [3.63, 3.8) is 0 Å². The van der Waals surface area contributed by atoms with Crippen molar-refractivity contribution in [2.45, 2.75) is 6.42 Å². The van der Waals surface area contributed by atoms with Gasteiger partial charge < -0.3 is 16.0 Å². The predicted molar refractivity (Wildman–Crippen MR) is 70.2 cm³/mol. The van der Waals surface area contributed by atoms with E-state index in [0.717, 1.165) is 12.0 Å². The first-order chi connectivity index (χ1) is 8.54. The summed E-state index contributed by atoms with van der Waals surface area (Å²) < 4.78 is 0. The Morgan fingerprint density at radius 1 is 1.22 bits per heavy atom. The van der Waals surface area contributed by atoms with Gasteiger partial charge in [-0.25, -0.2) is 0 Å². The Balaban J connectivity index is 2.54. The number of nitrogens with zero attached hydrogens (tertiary/aromatic N) is 1. The molecule has 0 aromatic heterocycles. The number of hydrogen-bond acceptors (Lipinski definition) is 3. The van der Waals surface area contributed by atoms with Crippen LogP contribution < -0.4 is 11.1 Å². The standard InChI is InChI=1S/C13H19N3O2/c1-16(2)12(17)9-15-13(18)11-5-3-10(4-6-11)7-8-14/h3-6H,7-9,14H2,1-2H3,(H,15,18). The third-order valence-electron chi connectivity index (χ3n) is 2.55. The molecule has 1 aromatic rings. The molecule has 0 aliphatic rings. The number of benzene rings is 1. The number of hydrogen-bond donors (Lipinski definition) is 2. The second-order valence-corrected chi connectivity index (χ2v) is 4.21. The minimum absolute atomic E-state index is 0.0103. The zero-order valence-electron chi connectivity index (χ0n) is 10.8. The highest BCUT2D eigenvalue weighted by atomic mass is 16.2. The lowest BCUT2D eigenvalue weighted by atomic mass is 10.1. The summed E-state index contributed by atoms with van der Waals surface area (Å²) in [5.41, 5.74) is 7.09. The van der Waals surface area contributed by atoms with Crippen molar-refractivity contribution in [2.24, 2.45) is 5.73 Å². The number of carbonyl (C=O) groups is 2. The first-order valence-corrected chi connectivity index (χ1v) is 5.82. The van der Waals surface area contributed by atoms with Gasteiger partial charge in [-0.2, -0.15) is 0 Å². The van der Waals surface area contributed by atoms with Crippen LogP contribution in [-0.4, -0.2) is 43.9 Å². The molecule has 0 atom stereocenters. The number of likely N-dealkylation sites (N-methyl/N-ethyl adjacent to an activating group) is 1. The molecule has 0 aliphatic heterocycles. The molecule has 1 rings (SSSR count). The van der Waals surface area contributed by atoms with Crippen LogP contribution >= 0.6 is 0 Å². The van der Waals surface area contributed by atoms with Crippen molar-refractivity contribution < 1.29 is 9.59 Å². The van der Waals surface area contributed by atoms with Gasteiger partial charge in [0.05, 0.1) is 6.54 Å². The Morgan fingerprint density at radius 2 is 1.83 bits per heavy atom. The molecule has 98 valence electrons. The van der Waals surface area contributed by atoms with Gasteiger partial charge in [-0.3, -0.25) is 9.59 Å². The van der Waals surface area contributed by atoms with Gasteiger partial charge in [0.1, 0.15) is 0 Å². The van der Waals surface area contributed by atoms with Crippen LogP contribution in [0.4, 0.5) is 0 Å². The molecule has 3 N–H and O–H groups in total. The highest BCUT2D eigenvalue weighted by molar-refractivity contribution is 5.96. The Hall–Kier alpha value is -1.88. The Morgan fingerprint density at radius 3 is 2.33 bits per heavy atom. The van der Waals surface area contributed by atoms with Crippen LogP contribution in [-0.2, 0) is 11.2 Å². The molecule has 0 fully saturated rings. The highest BCUT2D eigenvalue weighted by Gasteiger charge is 2.08. The van der Waals surface area contributed by atoms with Crippen LogP contribution in [0.2, 0.25) is 0 Å². The van der Waals surface area contributed by atoms with Gasteiger partial charge in [0.2, 0.25) is 5.91 Å². The molecule has 1 aromatic carbocycles. The Labute approximate surface area is 107 Å². The van der Waals surface area contributed by atoms with Crippen molar-refractivity contribution in [3.8, 4) is 0 Å². The SMILES string of the molecule is CN(C)C(=O)CNC(=O)c1ccc(CCN)cc1. The zero-order chi connectivity index (χ0) is 13.5. The molecule has 2 amide bonds. The smallest absolute Gasteiger partial charge is 0.251 e. The third kappa shape index (κ3) is 4.18. The number of amides is 2. The fourth-order valence-electron chi connectivity index (χ4n) is 1.41. The van der Waals surface area contributed by atoms with E-state index in [2.05, 4.69) is 5.32 Å². The Kier molecular flexibility index (Phi) is 5.32. The van der Waals surface area contributed by atoms with Crippen molar-refractivity contribution in [1.29, 1.82) is 0 Å². The molecule has 5 heteroatoms. The number of rotatable bonds is 5. The van der Waals surface area contributed by atoms with Gasteiger partial charge >= 0.3 is 0 Å². The summed E-state index contributed by atoms with van der Waals surface area (Å²) in [4.78, 5) is 24.5. The van der Waals surface area contributed by atoms with Crippen LogP contribution in [0.25, 0.3) is 0 Å². The molecular formula is C13H19N3O2. The zero-order valence-corrected chi connectivity index (χ0v) is 10.8. The van der Waals surface area contributed by atoms with Crippen LogP contribution in [0.3, 0.4) is 0 Å². The van der Waals surface area contributed by atoms with Crippen LogP contribution in [0.5, 0.6) is 0 Å². The summed E-state index contributed by atoms with van der Waals surface area (Å²) in [6.07, 6.45) is 0.793. The van der Waals surface area contributed by atoms with E-state index in [1.165, 1.54) is 4.90 Å². The molecule has 0 spiro atoms. The summed E-state index contributed by atoms with van der Waals surface area (Å²) in [7, 11) is 3.30. The first-order valence-electron chi connectivity index (χ1n) is 5.82. The summed E-state index contributed by atoms with van der Waals surface area (Å²) >= 11 is 0. The maximum absolute atomic E-state index is 11.7. The van der Waals surface area contributed by atoms with Crippen LogP contribution in [0, 0.1) is 0 Å². The molecule has 0 heterocycles. The number of nitrogens with two attached hydrogens (primary N) is 1. The second-order valence-electron chi connectivity index (χ2n) is 4.21. The fraction of sp³-hybridized carbons (Fsp3) is 0.385. The summed E-state index contributed by atoms with van der Waals surface area (Å²) in [6, 6.07) is 7.21. The summed E-state index contributed by atoms with van der Waals surface area (Å²) in [5.74, 6) is -0.382. The van der Waals surface area contributed by atoms with Gasteiger partial charge in [0.25, 0.3) is 5.91 Å². The quantitative estimate of drug-likeness (QED) is 0.771. The normalized spacial score (nSPS) is 9.94. The minimum atomic E-state index is -0.246. The predicted octanol–water partition coefficient (Wildman–Crippen LogP) is 0.00580. The van der Waals surface area contributed by atoms with Gasteiger partial charge in [-0.05, 0) is 30.7 Å². The summed E-state index contributed by atoms with van der Waals surface area (Å²) in [5, 5.41) is 2.58. The van der Waals surface area contributed by atoms with E-state index in [4.69, 9.17) is 5.73 Å². The van der Waals surface area contributed by atoms with E-state index in [9.17, 15) is 9.59 Å². The van der Waals surface area contributed by atoms with Crippen LogP contribution in [0.1, 0.15) is 15.9 Å². The molecule has 0 bridgehead atoms. The van der Waals surface area contributed by atoms with Crippen molar-refractivity contribution in [2.75, 3.05) is 27.2 Å². The maximum Gasteiger partial charge on any atom is 0.251 e. The lowest BCUT2D eigenvalue weighted by molar-refractivity contribution is -0.127. The number of carbonyl (C=O) groups excluding carboxylic acids is 2. The van der Waals surface area contributed by atoms with E-state index in [1.54, 1.807) is 26.2 Å². The minimum Gasteiger partial charge on any atom is -0.347 e. The highest BCUT2D eigenvalue weighted by Crippen LogP contribution is 2.04. The van der Waals surface area contributed by atoms with E-state index in [-0.39, 0.29) is 18.4 Å². The largest absolute Gasteiger partial charge is 0.347 e. The molecule has 0 saturated heterocycles. The molecular weight excluding hydrogens is 230 g/mol. The third-order valence-corrected chi connectivity index (χ3v) is 2.55. The van der Waals surface area contributed by atoms with Gasteiger partial charge in [-0.15, -0.1) is 0 Å². The van der Waals surface area contributed by atoms with E-state index < -0.39 is 0 Å². The molecule has 18 heavy (non-hydrogen) atoms. The summed E-state index contributed by atoms with van der Waals surface area (Å²) in [6.45, 7) is 0.596. The average Bonchev–Trinajstić information content (AvgIpc) is 2.36. The molecule has 5 nitrogen and oxygen atoms in total. The molecule has 0 aliphatic carbocycles. The second kappa shape index (κ2) is 6.76. The average molecular weight is 249 g/mol. The molecule has 0 saturated carbocycles. The molecule has 0 unspecified atom stereocenters. The first kappa shape index (κ1) is 14.2. The van der Waals surface area contributed by atoms with E-state index >= 15 is 0 Å². The number of nitrogens with one attached hydrogen (secondary N) is 1. The van der Waals surface area contributed by atoms with E-state index in [0.29, 0.717) is 12.1 Å². The lowest BCUT2D eigenvalue weighted by Crippen LogP contribution is -2.36.